The summed E-state index contributed by atoms with van der Waals surface area (Å²) >= 11 is 0. The van der Waals surface area contributed by atoms with Gasteiger partial charge >= 0.3 is 0 Å². The number of phosphoric acid groups is 1. The first-order valence-electron chi connectivity index (χ1n) is 10.1. The molecule has 7 heteroatoms. The van der Waals surface area contributed by atoms with Crippen molar-refractivity contribution in [2.45, 2.75) is 85.1 Å². The SMILES string of the molecule is CCCCCOP(=O)([O-])OCCCCC.CCCCCn1cc[n+](C)c1. The highest BCUT2D eigenvalue weighted by Gasteiger charge is 2.07. The zero-order valence-electron chi connectivity index (χ0n) is 17.2. The van der Waals surface area contributed by atoms with Gasteiger partial charge in [0.05, 0.1) is 26.8 Å². The number of phosphoric ester groups is 1. The van der Waals surface area contributed by atoms with Crippen LogP contribution in [0.25, 0.3) is 0 Å². The molecule has 0 aromatic carbocycles. The molecule has 0 bridgehead atoms. The third kappa shape index (κ3) is 15.6. The molecule has 0 N–H and O–H groups in total. The van der Waals surface area contributed by atoms with Gasteiger partial charge < -0.3 is 13.9 Å². The van der Waals surface area contributed by atoms with Crippen molar-refractivity contribution in [1.82, 2.24) is 4.57 Å². The standard InChI is InChI=1S/C10H23O4P.C9H17N2/c1-3-5-7-9-13-15(11,12)14-10-8-6-4-2;1-3-4-5-6-11-8-7-10(2)9-11/h3-10H2,1-2H3,(H,11,12);7-9H,3-6H2,1-2H3/q;+1/p-1. The molecule has 26 heavy (non-hydrogen) atoms. The Bertz CT molecular complexity index is 464. The lowest BCUT2D eigenvalue weighted by molar-refractivity contribution is -0.671. The molecule has 0 atom stereocenters. The van der Waals surface area contributed by atoms with Gasteiger partial charge in [-0.3, -0.25) is 4.57 Å². The quantitative estimate of drug-likeness (QED) is 0.269. The predicted molar refractivity (Wildman–Crippen MR) is 104 cm³/mol. The maximum absolute atomic E-state index is 11.1. The van der Waals surface area contributed by atoms with E-state index in [-0.39, 0.29) is 13.2 Å². The maximum Gasteiger partial charge on any atom is 0.267 e. The van der Waals surface area contributed by atoms with E-state index in [9.17, 15) is 9.46 Å². The molecule has 154 valence electrons. The lowest BCUT2D eigenvalue weighted by atomic mass is 10.2. The van der Waals surface area contributed by atoms with Gasteiger partial charge in [-0.1, -0.05) is 52.9 Å². The monoisotopic (exact) mass is 390 g/mol. The van der Waals surface area contributed by atoms with E-state index in [0.717, 1.165) is 45.1 Å². The molecule has 1 heterocycles. The van der Waals surface area contributed by atoms with Gasteiger partial charge in [0, 0.05) is 0 Å². The largest absolute Gasteiger partial charge is 0.756 e. The minimum absolute atomic E-state index is 0.238. The van der Waals surface area contributed by atoms with Gasteiger partial charge in [0.25, 0.3) is 7.82 Å². The van der Waals surface area contributed by atoms with E-state index in [0.29, 0.717) is 0 Å². The number of unbranched alkanes of at least 4 members (excludes halogenated alkanes) is 6. The summed E-state index contributed by atoms with van der Waals surface area (Å²) in [5.41, 5.74) is 0. The van der Waals surface area contributed by atoms with Crippen LogP contribution in [0.15, 0.2) is 18.7 Å². The number of nitrogens with zero attached hydrogens (tertiary/aromatic N) is 2. The fourth-order valence-electron chi connectivity index (χ4n) is 2.27. The molecule has 0 unspecified atom stereocenters. The fraction of sp³-hybridized carbons (Fsp3) is 0.842. The first-order valence-corrected chi connectivity index (χ1v) is 11.5. The Labute approximate surface area is 160 Å². The number of hydrogen-bond acceptors (Lipinski definition) is 4. The average molecular weight is 391 g/mol. The second-order valence-corrected chi connectivity index (χ2v) is 7.96. The minimum atomic E-state index is -4.02. The highest BCUT2D eigenvalue weighted by Crippen LogP contribution is 2.38. The Balaban J connectivity index is 0.000000502. The molecule has 0 aliphatic heterocycles. The fourth-order valence-corrected chi connectivity index (χ4v) is 3.05. The third-order valence-corrected chi connectivity index (χ3v) is 4.84. The molecule has 1 aromatic heterocycles. The molecule has 0 spiro atoms. The van der Waals surface area contributed by atoms with Crippen LogP contribution in [0.1, 0.15) is 78.6 Å². The van der Waals surface area contributed by atoms with Crippen LogP contribution in [0, 0.1) is 0 Å². The Hall–Kier alpha value is -0.680. The van der Waals surface area contributed by atoms with Crippen LogP contribution in [-0.2, 0) is 27.2 Å². The smallest absolute Gasteiger partial charge is 0.267 e. The van der Waals surface area contributed by atoms with Crippen LogP contribution in [0.3, 0.4) is 0 Å². The molecule has 0 aliphatic rings. The summed E-state index contributed by atoms with van der Waals surface area (Å²) in [5.74, 6) is 0. The van der Waals surface area contributed by atoms with E-state index in [2.05, 4.69) is 64.7 Å². The summed E-state index contributed by atoms with van der Waals surface area (Å²) < 4.78 is 24.8. The summed E-state index contributed by atoms with van der Waals surface area (Å²) in [6.45, 7) is 7.98. The van der Waals surface area contributed by atoms with Crippen molar-refractivity contribution < 1.29 is 23.1 Å². The second-order valence-electron chi connectivity index (χ2n) is 6.55. The van der Waals surface area contributed by atoms with E-state index in [4.69, 9.17) is 0 Å². The van der Waals surface area contributed by atoms with Crippen molar-refractivity contribution >= 4 is 7.82 Å². The average Bonchev–Trinajstić information content (AvgIpc) is 3.02. The molecule has 0 amide bonds. The van der Waals surface area contributed by atoms with Gasteiger partial charge in [-0.25, -0.2) is 9.13 Å². The van der Waals surface area contributed by atoms with Gasteiger partial charge in [0.1, 0.15) is 12.4 Å². The second kappa shape index (κ2) is 16.5. The van der Waals surface area contributed by atoms with Gasteiger partial charge in [-0.05, 0) is 25.7 Å². The number of rotatable bonds is 14. The summed E-state index contributed by atoms with van der Waals surface area (Å²) in [4.78, 5) is 11.1. The third-order valence-electron chi connectivity index (χ3n) is 3.84. The first kappa shape index (κ1) is 25.3. The van der Waals surface area contributed by atoms with Crippen molar-refractivity contribution in [2.75, 3.05) is 13.2 Å². The molecule has 1 rings (SSSR count). The molecular formula is C19H39N2O4P. The van der Waals surface area contributed by atoms with E-state index in [1.54, 1.807) is 0 Å². The van der Waals surface area contributed by atoms with E-state index < -0.39 is 7.82 Å². The number of aromatic nitrogens is 2. The van der Waals surface area contributed by atoms with Crippen LogP contribution in [-0.4, -0.2) is 17.8 Å². The predicted octanol–water partition coefficient (Wildman–Crippen LogP) is 4.37. The van der Waals surface area contributed by atoms with Gasteiger partial charge in [0.15, 0.2) is 0 Å². The zero-order chi connectivity index (χ0) is 19.7. The molecule has 1 aromatic rings. The van der Waals surface area contributed by atoms with Crippen molar-refractivity contribution in [3.63, 3.8) is 0 Å². The molecule has 0 radical (unpaired) electrons. The van der Waals surface area contributed by atoms with E-state index >= 15 is 0 Å². The topological polar surface area (TPSA) is 67.4 Å². The lowest BCUT2D eigenvalue weighted by Crippen LogP contribution is -2.23. The van der Waals surface area contributed by atoms with Gasteiger partial charge in [-0.2, -0.15) is 0 Å². The number of imidazole rings is 1. The summed E-state index contributed by atoms with van der Waals surface area (Å²) in [6.07, 6.45) is 15.8. The lowest BCUT2D eigenvalue weighted by Gasteiger charge is -2.22. The van der Waals surface area contributed by atoms with Crippen molar-refractivity contribution in [1.29, 1.82) is 0 Å². The van der Waals surface area contributed by atoms with Crippen LogP contribution in [0.4, 0.5) is 0 Å². The number of aryl methyl sites for hydroxylation is 2. The molecule has 6 nitrogen and oxygen atoms in total. The maximum atomic E-state index is 11.1. The Morgan fingerprint density at radius 2 is 1.42 bits per heavy atom. The minimum Gasteiger partial charge on any atom is -0.756 e. The Morgan fingerprint density at radius 3 is 1.85 bits per heavy atom. The summed E-state index contributed by atoms with van der Waals surface area (Å²) in [5, 5.41) is 0. The Morgan fingerprint density at radius 1 is 0.923 bits per heavy atom. The van der Waals surface area contributed by atoms with Gasteiger partial charge in [-0.15, -0.1) is 0 Å². The highest BCUT2D eigenvalue weighted by molar-refractivity contribution is 7.45. The zero-order valence-corrected chi connectivity index (χ0v) is 18.1. The van der Waals surface area contributed by atoms with Crippen LogP contribution in [0.5, 0.6) is 0 Å². The summed E-state index contributed by atoms with van der Waals surface area (Å²) in [7, 11) is -1.97. The van der Waals surface area contributed by atoms with Crippen LogP contribution in [0.2, 0.25) is 0 Å². The normalized spacial score (nSPS) is 11.3. The molecule has 0 saturated heterocycles. The van der Waals surface area contributed by atoms with Crippen molar-refractivity contribution in [2.24, 2.45) is 7.05 Å². The van der Waals surface area contributed by atoms with E-state index in [1.165, 1.54) is 19.3 Å². The summed E-state index contributed by atoms with van der Waals surface area (Å²) in [6, 6.07) is 0. The van der Waals surface area contributed by atoms with Crippen LogP contribution < -0.4 is 9.46 Å². The molecule has 0 fully saturated rings. The van der Waals surface area contributed by atoms with Crippen molar-refractivity contribution in [3.8, 4) is 0 Å². The van der Waals surface area contributed by atoms with Gasteiger partial charge in [0.2, 0.25) is 6.33 Å². The van der Waals surface area contributed by atoms with Crippen molar-refractivity contribution in [3.05, 3.63) is 18.7 Å². The first-order chi connectivity index (χ1) is 12.4. The Kier molecular flexibility index (Phi) is 16.1. The van der Waals surface area contributed by atoms with E-state index in [1.807, 2.05) is 0 Å². The number of hydrogen-bond donors (Lipinski definition) is 0. The molecule has 0 aliphatic carbocycles. The molecular weight excluding hydrogens is 351 g/mol. The van der Waals surface area contributed by atoms with Crippen LogP contribution >= 0.6 is 7.82 Å². The highest BCUT2D eigenvalue weighted by atomic mass is 31.2. The molecule has 0 saturated carbocycles.